The second-order valence-corrected chi connectivity index (χ2v) is 5.42. The predicted octanol–water partition coefficient (Wildman–Crippen LogP) is 3.92. The second-order valence-electron chi connectivity index (χ2n) is 4.57. The van der Waals surface area contributed by atoms with Crippen LogP contribution in [0.1, 0.15) is 31.7 Å². The fourth-order valence-corrected chi connectivity index (χ4v) is 2.74. The third kappa shape index (κ3) is 2.56. The monoisotopic (exact) mass is 278 g/mol. The average Bonchev–Trinajstić information content (AvgIpc) is 2.64. The molecule has 2 nitrogen and oxygen atoms in total. The fraction of sp³-hybridized carbons (Fsp3) is 0.462. The van der Waals surface area contributed by atoms with Gasteiger partial charge in [0.05, 0.1) is 5.56 Å². The summed E-state index contributed by atoms with van der Waals surface area (Å²) in [5, 5.41) is 12.4. The van der Waals surface area contributed by atoms with Crippen LogP contribution in [0.15, 0.2) is 22.7 Å². The number of nitrogens with one attached hydrogen (secondary N) is 1. The number of benzene rings is 1. The first-order valence-electron chi connectivity index (χ1n) is 5.65. The first-order chi connectivity index (χ1) is 7.69. The van der Waals surface area contributed by atoms with E-state index in [1.807, 2.05) is 18.2 Å². The van der Waals surface area contributed by atoms with Crippen LogP contribution >= 0.6 is 15.9 Å². The molecule has 16 heavy (non-hydrogen) atoms. The highest BCUT2D eigenvalue weighted by atomic mass is 79.9. The molecule has 1 saturated carbocycles. The molecule has 0 aromatic heterocycles. The van der Waals surface area contributed by atoms with Crippen molar-refractivity contribution in [3.63, 3.8) is 0 Å². The zero-order valence-corrected chi connectivity index (χ0v) is 10.9. The molecule has 0 spiro atoms. The smallest absolute Gasteiger partial charge is 0.100 e. The van der Waals surface area contributed by atoms with Crippen molar-refractivity contribution in [3.8, 4) is 6.07 Å². The number of halogens is 1. The van der Waals surface area contributed by atoms with Crippen molar-refractivity contribution in [3.05, 3.63) is 28.2 Å². The number of anilines is 1. The van der Waals surface area contributed by atoms with E-state index in [0.29, 0.717) is 11.6 Å². The van der Waals surface area contributed by atoms with E-state index in [1.165, 1.54) is 19.3 Å². The molecule has 3 heteroatoms. The van der Waals surface area contributed by atoms with Crippen molar-refractivity contribution in [2.45, 2.75) is 32.2 Å². The predicted molar refractivity (Wildman–Crippen MR) is 69.3 cm³/mol. The summed E-state index contributed by atoms with van der Waals surface area (Å²) in [6.07, 6.45) is 3.81. The number of rotatable bonds is 2. The lowest BCUT2D eigenvalue weighted by atomic mass is 10.1. The summed E-state index contributed by atoms with van der Waals surface area (Å²) in [5.74, 6) is 0.833. The Balaban J connectivity index is 2.05. The minimum absolute atomic E-state index is 0.592. The highest BCUT2D eigenvalue weighted by Crippen LogP contribution is 2.28. The molecule has 0 radical (unpaired) electrons. The first-order valence-corrected chi connectivity index (χ1v) is 6.44. The summed E-state index contributed by atoms with van der Waals surface area (Å²) in [7, 11) is 0. The molecule has 2 rings (SSSR count). The lowest BCUT2D eigenvalue weighted by molar-refractivity contribution is 0.602. The molecule has 0 heterocycles. The molecule has 0 saturated heterocycles. The van der Waals surface area contributed by atoms with E-state index in [0.717, 1.165) is 16.1 Å². The van der Waals surface area contributed by atoms with E-state index in [-0.39, 0.29) is 0 Å². The molecule has 1 fully saturated rings. The van der Waals surface area contributed by atoms with Crippen LogP contribution in [-0.4, -0.2) is 6.04 Å². The van der Waals surface area contributed by atoms with Crippen LogP contribution in [0.3, 0.4) is 0 Å². The van der Waals surface area contributed by atoms with Gasteiger partial charge >= 0.3 is 0 Å². The van der Waals surface area contributed by atoms with Crippen LogP contribution in [0.25, 0.3) is 0 Å². The Morgan fingerprint density at radius 1 is 1.44 bits per heavy atom. The molecule has 0 aliphatic heterocycles. The summed E-state index contributed by atoms with van der Waals surface area (Å²) in [6, 6.07) is 8.56. The van der Waals surface area contributed by atoms with Gasteiger partial charge in [-0.2, -0.15) is 5.26 Å². The van der Waals surface area contributed by atoms with Gasteiger partial charge < -0.3 is 5.32 Å². The summed E-state index contributed by atoms with van der Waals surface area (Å²) < 4.78 is 0.867. The molecule has 0 bridgehead atoms. The van der Waals surface area contributed by atoms with Crippen LogP contribution in [0.2, 0.25) is 0 Å². The van der Waals surface area contributed by atoms with Crippen molar-refractivity contribution in [2.24, 2.45) is 5.92 Å². The van der Waals surface area contributed by atoms with Crippen LogP contribution in [-0.2, 0) is 0 Å². The van der Waals surface area contributed by atoms with E-state index < -0.39 is 0 Å². The van der Waals surface area contributed by atoms with Gasteiger partial charge in [0.2, 0.25) is 0 Å². The number of hydrogen-bond acceptors (Lipinski definition) is 2. The lowest BCUT2D eigenvalue weighted by Gasteiger charge is -2.14. The Morgan fingerprint density at radius 3 is 2.81 bits per heavy atom. The molecule has 1 aliphatic rings. The van der Waals surface area contributed by atoms with Crippen molar-refractivity contribution in [1.82, 2.24) is 0 Å². The number of nitriles is 1. The molecule has 1 aliphatic carbocycles. The molecule has 1 aromatic carbocycles. The maximum atomic E-state index is 8.83. The summed E-state index contributed by atoms with van der Waals surface area (Å²) in [5.41, 5.74) is 1.79. The van der Waals surface area contributed by atoms with E-state index in [9.17, 15) is 0 Å². The van der Waals surface area contributed by atoms with Gasteiger partial charge in [0.25, 0.3) is 0 Å². The molecule has 2 unspecified atom stereocenters. The standard InChI is InChI=1S/C13H15BrN2/c1-9-2-4-11(6-9)16-12-5-3-10(8-15)13(14)7-12/h3,5,7,9,11,16H,2,4,6H2,1H3. The third-order valence-corrected chi connectivity index (χ3v) is 3.81. The topological polar surface area (TPSA) is 35.8 Å². The van der Waals surface area contributed by atoms with Gasteiger partial charge in [0.15, 0.2) is 0 Å². The first kappa shape index (κ1) is 11.5. The molecular formula is C13H15BrN2. The summed E-state index contributed by atoms with van der Waals surface area (Å²) in [4.78, 5) is 0. The minimum Gasteiger partial charge on any atom is -0.382 e. The van der Waals surface area contributed by atoms with Crippen molar-refractivity contribution < 1.29 is 0 Å². The summed E-state index contributed by atoms with van der Waals surface area (Å²) >= 11 is 3.41. The molecule has 1 aromatic rings. The van der Waals surface area contributed by atoms with Gasteiger partial charge in [0.1, 0.15) is 6.07 Å². The van der Waals surface area contributed by atoms with Gasteiger partial charge in [-0.1, -0.05) is 6.92 Å². The van der Waals surface area contributed by atoms with Gasteiger partial charge in [-0.15, -0.1) is 0 Å². The average molecular weight is 279 g/mol. The van der Waals surface area contributed by atoms with Gasteiger partial charge in [-0.25, -0.2) is 0 Å². The highest BCUT2D eigenvalue weighted by Gasteiger charge is 2.20. The van der Waals surface area contributed by atoms with Crippen molar-refractivity contribution in [2.75, 3.05) is 5.32 Å². The quantitative estimate of drug-likeness (QED) is 0.890. The van der Waals surface area contributed by atoms with E-state index >= 15 is 0 Å². The van der Waals surface area contributed by atoms with Gasteiger partial charge in [0, 0.05) is 16.2 Å². The Kier molecular flexibility index (Phi) is 3.50. The zero-order valence-electron chi connectivity index (χ0n) is 9.33. The summed E-state index contributed by atoms with van der Waals surface area (Å²) in [6.45, 7) is 2.30. The SMILES string of the molecule is CC1CCC(Nc2ccc(C#N)c(Br)c2)C1. The minimum atomic E-state index is 0.592. The number of nitrogens with zero attached hydrogens (tertiary/aromatic N) is 1. The maximum Gasteiger partial charge on any atom is 0.100 e. The number of hydrogen-bond donors (Lipinski definition) is 1. The Labute approximate surface area is 105 Å². The fourth-order valence-electron chi connectivity index (χ4n) is 2.27. The Bertz CT molecular complexity index is 422. The Morgan fingerprint density at radius 2 is 2.25 bits per heavy atom. The molecular weight excluding hydrogens is 264 g/mol. The maximum absolute atomic E-state index is 8.83. The van der Waals surface area contributed by atoms with Gasteiger partial charge in [-0.05, 0) is 59.3 Å². The highest BCUT2D eigenvalue weighted by molar-refractivity contribution is 9.10. The van der Waals surface area contributed by atoms with Crippen LogP contribution in [0.5, 0.6) is 0 Å². The Hall–Kier alpha value is -1.01. The van der Waals surface area contributed by atoms with E-state index in [4.69, 9.17) is 5.26 Å². The van der Waals surface area contributed by atoms with Crippen LogP contribution in [0.4, 0.5) is 5.69 Å². The van der Waals surface area contributed by atoms with Crippen molar-refractivity contribution in [1.29, 1.82) is 5.26 Å². The normalized spacial score (nSPS) is 24.1. The molecule has 2 atom stereocenters. The zero-order chi connectivity index (χ0) is 11.5. The second kappa shape index (κ2) is 4.88. The van der Waals surface area contributed by atoms with Gasteiger partial charge in [-0.3, -0.25) is 0 Å². The molecule has 1 N–H and O–H groups in total. The molecule has 0 amide bonds. The van der Waals surface area contributed by atoms with E-state index in [2.05, 4.69) is 34.2 Å². The molecule has 84 valence electrons. The van der Waals surface area contributed by atoms with E-state index in [1.54, 1.807) is 0 Å². The lowest BCUT2D eigenvalue weighted by Crippen LogP contribution is -2.15. The third-order valence-electron chi connectivity index (χ3n) is 3.16. The largest absolute Gasteiger partial charge is 0.382 e. The van der Waals surface area contributed by atoms with Crippen LogP contribution < -0.4 is 5.32 Å². The van der Waals surface area contributed by atoms with Crippen molar-refractivity contribution >= 4 is 21.6 Å². The van der Waals surface area contributed by atoms with Crippen LogP contribution in [0, 0.1) is 17.2 Å².